The van der Waals surface area contributed by atoms with Crippen LogP contribution in [0.25, 0.3) is 0 Å². The van der Waals surface area contributed by atoms with Gasteiger partial charge in [0.15, 0.2) is 5.78 Å². The van der Waals surface area contributed by atoms with Crippen molar-refractivity contribution in [1.82, 2.24) is 4.98 Å². The molecule has 0 radical (unpaired) electrons. The topological polar surface area (TPSA) is 59.1 Å². The number of pyridine rings is 1. The van der Waals surface area contributed by atoms with E-state index >= 15 is 0 Å². The van der Waals surface area contributed by atoms with Gasteiger partial charge in [0, 0.05) is 10.9 Å². The van der Waals surface area contributed by atoms with E-state index in [9.17, 15) is 9.59 Å². The number of halogens is 1. The molecular formula is C12H7ClN2O2S. The number of thiophene rings is 1. The highest BCUT2D eigenvalue weighted by Gasteiger charge is 2.38. The number of Topliss-reactive ketones (excluding diaryl/α,β-unsaturated/α-hetero) is 1. The van der Waals surface area contributed by atoms with E-state index in [1.165, 1.54) is 11.3 Å². The van der Waals surface area contributed by atoms with Gasteiger partial charge in [-0.3, -0.25) is 9.59 Å². The first-order valence-corrected chi connectivity index (χ1v) is 6.52. The Balaban J connectivity index is 2.06. The minimum absolute atomic E-state index is 0.248. The van der Waals surface area contributed by atoms with Crippen molar-refractivity contribution >= 4 is 40.3 Å². The average molecular weight is 279 g/mol. The number of nitrogens with zero attached hydrogens (tertiary/aromatic N) is 1. The van der Waals surface area contributed by atoms with Crippen LogP contribution in [0, 0.1) is 0 Å². The van der Waals surface area contributed by atoms with Gasteiger partial charge in [-0.1, -0.05) is 11.6 Å². The van der Waals surface area contributed by atoms with Gasteiger partial charge in [-0.25, -0.2) is 4.98 Å². The molecule has 1 atom stereocenters. The molecule has 1 unspecified atom stereocenters. The number of carbonyl (C=O) groups is 2. The van der Waals surface area contributed by atoms with Gasteiger partial charge in [0.05, 0.1) is 11.4 Å². The standard InChI is InChI=1S/C12H7ClN2O2S/c13-8-2-1-7-10(15-8)9(12(17)14-7)11(16)6-3-4-18-5-6/h1-5,9H,(H,14,17). The Morgan fingerprint density at radius 2 is 2.22 bits per heavy atom. The summed E-state index contributed by atoms with van der Waals surface area (Å²) in [7, 11) is 0. The van der Waals surface area contributed by atoms with Crippen LogP contribution in [0.4, 0.5) is 5.69 Å². The molecular weight excluding hydrogens is 272 g/mol. The molecule has 90 valence electrons. The van der Waals surface area contributed by atoms with Crippen molar-refractivity contribution in [2.45, 2.75) is 5.92 Å². The fraction of sp³-hybridized carbons (Fsp3) is 0.0833. The Hall–Kier alpha value is -1.72. The summed E-state index contributed by atoms with van der Waals surface area (Å²) in [5.74, 6) is -1.49. The number of amides is 1. The maximum Gasteiger partial charge on any atom is 0.241 e. The first-order valence-electron chi connectivity index (χ1n) is 5.20. The second-order valence-electron chi connectivity index (χ2n) is 3.87. The number of aromatic nitrogens is 1. The number of hydrogen-bond donors (Lipinski definition) is 1. The highest BCUT2D eigenvalue weighted by molar-refractivity contribution is 7.08. The Morgan fingerprint density at radius 3 is 2.94 bits per heavy atom. The van der Waals surface area contributed by atoms with Gasteiger partial charge in [-0.05, 0) is 23.6 Å². The Bertz CT molecular complexity index is 640. The second-order valence-corrected chi connectivity index (χ2v) is 5.03. The molecule has 4 nitrogen and oxygen atoms in total. The molecule has 0 saturated carbocycles. The fourth-order valence-corrected chi connectivity index (χ4v) is 2.72. The minimum atomic E-state index is -0.895. The maximum absolute atomic E-state index is 12.3. The second kappa shape index (κ2) is 4.19. The van der Waals surface area contributed by atoms with E-state index in [1.54, 1.807) is 29.0 Å². The van der Waals surface area contributed by atoms with E-state index in [4.69, 9.17) is 11.6 Å². The quantitative estimate of drug-likeness (QED) is 0.522. The summed E-state index contributed by atoms with van der Waals surface area (Å²) in [5.41, 5.74) is 1.48. The highest BCUT2D eigenvalue weighted by atomic mass is 35.5. The minimum Gasteiger partial charge on any atom is -0.323 e. The van der Waals surface area contributed by atoms with Crippen LogP contribution in [0.15, 0.2) is 29.0 Å². The summed E-state index contributed by atoms with van der Waals surface area (Å²) in [6.07, 6.45) is 0. The van der Waals surface area contributed by atoms with E-state index in [1.807, 2.05) is 0 Å². The zero-order valence-electron chi connectivity index (χ0n) is 9.01. The van der Waals surface area contributed by atoms with Crippen LogP contribution in [-0.4, -0.2) is 16.7 Å². The van der Waals surface area contributed by atoms with Gasteiger partial charge in [0.1, 0.15) is 11.1 Å². The number of anilines is 1. The van der Waals surface area contributed by atoms with Crippen molar-refractivity contribution in [2.75, 3.05) is 5.32 Å². The molecule has 3 heterocycles. The predicted molar refractivity (Wildman–Crippen MR) is 69.3 cm³/mol. The van der Waals surface area contributed by atoms with Crippen molar-refractivity contribution in [3.8, 4) is 0 Å². The number of rotatable bonds is 2. The molecule has 0 aliphatic carbocycles. The van der Waals surface area contributed by atoms with Crippen LogP contribution in [0.1, 0.15) is 22.0 Å². The number of carbonyl (C=O) groups excluding carboxylic acids is 2. The molecule has 0 fully saturated rings. The molecule has 3 rings (SSSR count). The molecule has 18 heavy (non-hydrogen) atoms. The van der Waals surface area contributed by atoms with Crippen LogP contribution in [-0.2, 0) is 4.79 Å². The van der Waals surface area contributed by atoms with E-state index in [0.29, 0.717) is 16.9 Å². The van der Waals surface area contributed by atoms with Crippen molar-refractivity contribution in [3.05, 3.63) is 45.4 Å². The lowest BCUT2D eigenvalue weighted by atomic mass is 9.97. The number of ketones is 1. The van der Waals surface area contributed by atoms with Gasteiger partial charge >= 0.3 is 0 Å². The van der Waals surface area contributed by atoms with Crippen LogP contribution in [0.2, 0.25) is 5.15 Å². The van der Waals surface area contributed by atoms with E-state index in [2.05, 4.69) is 10.3 Å². The molecule has 1 N–H and O–H groups in total. The normalized spacial score (nSPS) is 17.4. The Morgan fingerprint density at radius 1 is 1.39 bits per heavy atom. The van der Waals surface area contributed by atoms with Crippen LogP contribution >= 0.6 is 22.9 Å². The van der Waals surface area contributed by atoms with Gasteiger partial charge < -0.3 is 5.32 Å². The van der Waals surface area contributed by atoms with Crippen LogP contribution in [0.3, 0.4) is 0 Å². The lowest BCUT2D eigenvalue weighted by molar-refractivity contribution is -0.116. The summed E-state index contributed by atoms with van der Waals surface area (Å²) < 4.78 is 0. The Kier molecular flexibility index (Phi) is 2.65. The van der Waals surface area contributed by atoms with E-state index < -0.39 is 5.92 Å². The predicted octanol–water partition coefficient (Wildman–Crippen LogP) is 2.72. The fourth-order valence-electron chi connectivity index (χ4n) is 1.92. The van der Waals surface area contributed by atoms with Crippen molar-refractivity contribution < 1.29 is 9.59 Å². The zero-order valence-corrected chi connectivity index (χ0v) is 10.6. The lowest BCUT2D eigenvalue weighted by Gasteiger charge is -2.05. The van der Waals surface area contributed by atoms with Crippen LogP contribution < -0.4 is 5.32 Å². The third-order valence-corrected chi connectivity index (χ3v) is 3.65. The summed E-state index contributed by atoms with van der Waals surface area (Å²) >= 11 is 7.22. The maximum atomic E-state index is 12.3. The third kappa shape index (κ3) is 1.72. The first kappa shape index (κ1) is 11.4. The highest BCUT2D eigenvalue weighted by Crippen LogP contribution is 2.34. The number of nitrogens with one attached hydrogen (secondary N) is 1. The van der Waals surface area contributed by atoms with Crippen molar-refractivity contribution in [3.63, 3.8) is 0 Å². The van der Waals surface area contributed by atoms with Crippen molar-refractivity contribution in [1.29, 1.82) is 0 Å². The smallest absolute Gasteiger partial charge is 0.241 e. The lowest BCUT2D eigenvalue weighted by Crippen LogP contribution is -2.21. The summed E-state index contributed by atoms with van der Waals surface area (Å²) in [6, 6.07) is 4.93. The molecule has 1 aliphatic rings. The largest absolute Gasteiger partial charge is 0.323 e. The van der Waals surface area contributed by atoms with Gasteiger partial charge in [-0.2, -0.15) is 11.3 Å². The first-order chi connectivity index (χ1) is 8.66. The molecule has 1 amide bonds. The van der Waals surface area contributed by atoms with E-state index in [0.717, 1.165) is 0 Å². The summed E-state index contributed by atoms with van der Waals surface area (Å²) in [4.78, 5) is 28.2. The number of fused-ring (bicyclic) bond motifs is 1. The number of hydrogen-bond acceptors (Lipinski definition) is 4. The molecule has 1 aliphatic heterocycles. The molecule has 0 spiro atoms. The monoisotopic (exact) mass is 278 g/mol. The molecule has 6 heteroatoms. The third-order valence-electron chi connectivity index (χ3n) is 2.75. The van der Waals surface area contributed by atoms with Gasteiger partial charge in [-0.15, -0.1) is 0 Å². The van der Waals surface area contributed by atoms with Gasteiger partial charge in [0.2, 0.25) is 5.91 Å². The zero-order chi connectivity index (χ0) is 12.7. The van der Waals surface area contributed by atoms with Gasteiger partial charge in [0.25, 0.3) is 0 Å². The molecule has 2 aromatic rings. The molecule has 0 saturated heterocycles. The van der Waals surface area contributed by atoms with E-state index in [-0.39, 0.29) is 16.8 Å². The summed E-state index contributed by atoms with van der Waals surface area (Å²) in [6.45, 7) is 0. The van der Waals surface area contributed by atoms with Crippen molar-refractivity contribution in [2.24, 2.45) is 0 Å². The molecule has 0 bridgehead atoms. The average Bonchev–Trinajstić information content (AvgIpc) is 2.94. The molecule has 0 aromatic carbocycles. The summed E-state index contributed by atoms with van der Waals surface area (Å²) in [5, 5.41) is 6.43. The van der Waals surface area contributed by atoms with Crippen LogP contribution in [0.5, 0.6) is 0 Å². The SMILES string of the molecule is O=C1Nc2ccc(Cl)nc2C1C(=O)c1ccsc1. The Labute approximate surface area is 112 Å². The molecule has 2 aromatic heterocycles.